The normalized spacial score (nSPS) is 16.9. The number of piperazine rings is 1. The van der Waals surface area contributed by atoms with Crippen molar-refractivity contribution < 1.29 is 4.79 Å². The monoisotopic (exact) mass is 519 g/mol. The van der Waals surface area contributed by atoms with Crippen LogP contribution in [0, 0.1) is 0 Å². The number of amides is 1. The van der Waals surface area contributed by atoms with Crippen molar-refractivity contribution in [1.29, 1.82) is 0 Å². The van der Waals surface area contributed by atoms with E-state index in [2.05, 4.69) is 15.3 Å². The highest BCUT2D eigenvalue weighted by Gasteiger charge is 2.31. The van der Waals surface area contributed by atoms with Gasteiger partial charge in [0.15, 0.2) is 0 Å². The molecular weight excluding hydrogens is 493 g/mol. The fourth-order valence-electron chi connectivity index (χ4n) is 4.82. The molecule has 3 aromatic rings. The molecule has 2 fully saturated rings. The number of carbonyl (C=O) groups excluding carboxylic acids is 1. The molecule has 0 saturated carbocycles. The minimum absolute atomic E-state index is 0. The minimum atomic E-state index is 0. The number of aromatic nitrogens is 2. The summed E-state index contributed by atoms with van der Waals surface area (Å²) in [6, 6.07) is 15.6. The van der Waals surface area contributed by atoms with Gasteiger partial charge in [0.2, 0.25) is 0 Å². The fourth-order valence-corrected chi connectivity index (χ4v) is 5.16. The molecule has 1 aromatic heterocycles. The summed E-state index contributed by atoms with van der Waals surface area (Å²) < 4.78 is 1.88. The Bertz CT molecular complexity index is 1120. The van der Waals surface area contributed by atoms with Gasteiger partial charge in [-0.15, -0.1) is 12.4 Å². The molecule has 2 aliphatic rings. The maximum Gasteiger partial charge on any atom is 0.257 e. The molecular formula is C25H28Cl3N5O. The highest BCUT2D eigenvalue weighted by atomic mass is 35.5. The molecule has 1 amide bonds. The van der Waals surface area contributed by atoms with Crippen LogP contribution in [0.25, 0.3) is 5.69 Å². The van der Waals surface area contributed by atoms with Crippen molar-refractivity contribution >= 4 is 47.2 Å². The van der Waals surface area contributed by atoms with Crippen molar-refractivity contribution in [2.24, 2.45) is 0 Å². The summed E-state index contributed by atoms with van der Waals surface area (Å²) in [4.78, 5) is 17.9. The zero-order valence-corrected chi connectivity index (χ0v) is 21.1. The topological polar surface area (TPSA) is 53.4 Å². The Balaban J connectivity index is 0.00000274. The molecule has 0 spiro atoms. The first-order valence-corrected chi connectivity index (χ1v) is 12.2. The van der Waals surface area contributed by atoms with Crippen LogP contribution in [-0.4, -0.2) is 59.9 Å². The van der Waals surface area contributed by atoms with Crippen LogP contribution in [0.2, 0.25) is 10.0 Å². The van der Waals surface area contributed by atoms with E-state index in [0.717, 1.165) is 61.1 Å². The molecule has 2 aromatic carbocycles. The van der Waals surface area contributed by atoms with Crippen molar-refractivity contribution in [3.63, 3.8) is 0 Å². The minimum Gasteiger partial charge on any atom is -0.368 e. The molecule has 6 nitrogen and oxygen atoms in total. The average molecular weight is 521 g/mol. The van der Waals surface area contributed by atoms with Crippen LogP contribution >= 0.6 is 35.6 Å². The number of hydrogen-bond acceptors (Lipinski definition) is 4. The molecule has 1 N–H and O–H groups in total. The van der Waals surface area contributed by atoms with E-state index in [0.29, 0.717) is 23.7 Å². The van der Waals surface area contributed by atoms with E-state index in [1.54, 1.807) is 6.20 Å². The molecule has 9 heteroatoms. The fraction of sp³-hybridized carbons (Fsp3) is 0.360. The van der Waals surface area contributed by atoms with Gasteiger partial charge in [-0.1, -0.05) is 35.3 Å². The van der Waals surface area contributed by atoms with Crippen molar-refractivity contribution in [3.05, 3.63) is 76.0 Å². The van der Waals surface area contributed by atoms with E-state index in [1.807, 2.05) is 58.1 Å². The van der Waals surface area contributed by atoms with Crippen LogP contribution in [0.15, 0.2) is 54.7 Å². The van der Waals surface area contributed by atoms with Crippen molar-refractivity contribution in [2.75, 3.05) is 44.2 Å². The zero-order chi connectivity index (χ0) is 22.8. The molecule has 0 aliphatic carbocycles. The molecule has 0 bridgehead atoms. The maximum atomic E-state index is 13.7. The second kappa shape index (κ2) is 11.0. The second-order valence-electron chi connectivity index (χ2n) is 8.59. The Labute approximate surface area is 216 Å². The van der Waals surface area contributed by atoms with Gasteiger partial charge in [0.25, 0.3) is 5.91 Å². The maximum absolute atomic E-state index is 13.7. The number of nitrogens with zero attached hydrogens (tertiary/aromatic N) is 4. The summed E-state index contributed by atoms with van der Waals surface area (Å²) in [6.45, 7) is 4.79. The van der Waals surface area contributed by atoms with Gasteiger partial charge in [-0.2, -0.15) is 5.10 Å². The first-order chi connectivity index (χ1) is 16.1. The number of hydrogen-bond donors (Lipinski definition) is 1. The van der Waals surface area contributed by atoms with Gasteiger partial charge in [-0.3, -0.25) is 4.79 Å². The van der Waals surface area contributed by atoms with E-state index in [-0.39, 0.29) is 24.2 Å². The first kappa shape index (κ1) is 24.9. The molecule has 34 heavy (non-hydrogen) atoms. The van der Waals surface area contributed by atoms with E-state index < -0.39 is 0 Å². The number of anilines is 1. The third-order valence-corrected chi connectivity index (χ3v) is 7.17. The summed E-state index contributed by atoms with van der Waals surface area (Å²) in [7, 11) is 0. The number of nitrogens with one attached hydrogen (secondary N) is 1. The Kier molecular flexibility index (Phi) is 8.04. The van der Waals surface area contributed by atoms with Crippen LogP contribution in [0.4, 0.5) is 5.69 Å². The van der Waals surface area contributed by atoms with Crippen LogP contribution in [-0.2, 0) is 0 Å². The standard InChI is InChI=1S/C25H27Cl2N5O.ClH/c26-19-5-7-20(8-6-19)30-13-15-31(16-14-30)25(33)21-17-29-32(23-4-2-1-3-22(23)27)24(21)18-9-11-28-12-10-18;/h1-8,17-18,28H,9-16H2;1H. The number of halogens is 3. The molecule has 5 rings (SSSR count). The lowest BCUT2D eigenvalue weighted by atomic mass is 9.91. The summed E-state index contributed by atoms with van der Waals surface area (Å²) >= 11 is 12.5. The van der Waals surface area contributed by atoms with Crippen molar-refractivity contribution in [2.45, 2.75) is 18.8 Å². The molecule has 2 saturated heterocycles. The smallest absolute Gasteiger partial charge is 0.257 e. The Hall–Kier alpha value is -2.25. The average Bonchev–Trinajstić information content (AvgIpc) is 3.30. The summed E-state index contributed by atoms with van der Waals surface area (Å²) in [6.07, 6.45) is 3.68. The van der Waals surface area contributed by atoms with Gasteiger partial charge in [0.05, 0.1) is 28.2 Å². The van der Waals surface area contributed by atoms with Crippen LogP contribution in [0.5, 0.6) is 0 Å². The third kappa shape index (κ3) is 5.05. The van der Waals surface area contributed by atoms with Crippen molar-refractivity contribution in [3.8, 4) is 5.69 Å². The largest absolute Gasteiger partial charge is 0.368 e. The van der Waals surface area contributed by atoms with Crippen molar-refractivity contribution in [1.82, 2.24) is 20.0 Å². The van der Waals surface area contributed by atoms with Gasteiger partial charge < -0.3 is 15.1 Å². The lowest BCUT2D eigenvalue weighted by molar-refractivity contribution is 0.0744. The van der Waals surface area contributed by atoms with Gasteiger partial charge >= 0.3 is 0 Å². The zero-order valence-electron chi connectivity index (χ0n) is 18.8. The Morgan fingerprint density at radius 3 is 2.29 bits per heavy atom. The summed E-state index contributed by atoms with van der Waals surface area (Å²) in [5.41, 5.74) is 3.63. The van der Waals surface area contributed by atoms with Gasteiger partial charge in [0.1, 0.15) is 0 Å². The van der Waals surface area contributed by atoms with Gasteiger partial charge in [-0.05, 0) is 62.3 Å². The molecule has 0 atom stereocenters. The van der Waals surface area contributed by atoms with Gasteiger partial charge in [0, 0.05) is 42.8 Å². The molecule has 3 heterocycles. The number of benzene rings is 2. The summed E-state index contributed by atoms with van der Waals surface area (Å²) in [5, 5.41) is 9.43. The van der Waals surface area contributed by atoms with Gasteiger partial charge in [-0.25, -0.2) is 4.68 Å². The van der Waals surface area contributed by atoms with Crippen LogP contribution < -0.4 is 10.2 Å². The Morgan fingerprint density at radius 2 is 1.62 bits per heavy atom. The number of rotatable bonds is 4. The number of piperidine rings is 1. The summed E-state index contributed by atoms with van der Waals surface area (Å²) in [5.74, 6) is 0.317. The van der Waals surface area contributed by atoms with Crippen LogP contribution in [0.1, 0.15) is 34.8 Å². The quantitative estimate of drug-likeness (QED) is 0.524. The highest BCUT2D eigenvalue weighted by molar-refractivity contribution is 6.32. The molecule has 0 radical (unpaired) electrons. The second-order valence-corrected chi connectivity index (χ2v) is 9.43. The predicted octanol–water partition coefficient (Wildman–Crippen LogP) is 5.03. The predicted molar refractivity (Wildman–Crippen MR) is 140 cm³/mol. The van der Waals surface area contributed by atoms with Crippen LogP contribution in [0.3, 0.4) is 0 Å². The lowest BCUT2D eigenvalue weighted by Gasteiger charge is -2.36. The molecule has 2 aliphatic heterocycles. The van der Waals surface area contributed by atoms with E-state index in [1.165, 1.54) is 0 Å². The number of carbonyl (C=O) groups is 1. The van der Waals surface area contributed by atoms with E-state index in [4.69, 9.17) is 23.2 Å². The SMILES string of the molecule is Cl.O=C(c1cnn(-c2ccccc2Cl)c1C1CCNCC1)N1CCN(c2ccc(Cl)cc2)CC1. The molecule has 0 unspecified atom stereocenters. The highest BCUT2D eigenvalue weighted by Crippen LogP contribution is 2.33. The third-order valence-electron chi connectivity index (χ3n) is 6.60. The lowest BCUT2D eigenvalue weighted by Crippen LogP contribution is -2.49. The van der Waals surface area contributed by atoms with E-state index in [9.17, 15) is 4.79 Å². The number of para-hydroxylation sites is 1. The first-order valence-electron chi connectivity index (χ1n) is 11.4. The van der Waals surface area contributed by atoms with E-state index >= 15 is 0 Å². The molecule has 180 valence electrons. The Morgan fingerprint density at radius 1 is 0.941 bits per heavy atom.